The van der Waals surface area contributed by atoms with Crippen molar-refractivity contribution in [1.29, 1.82) is 0 Å². The van der Waals surface area contributed by atoms with Gasteiger partial charge in [0.15, 0.2) is 27.5 Å². The van der Waals surface area contributed by atoms with Gasteiger partial charge in [0.1, 0.15) is 0 Å². The van der Waals surface area contributed by atoms with Crippen molar-refractivity contribution in [2.75, 3.05) is 0 Å². The first-order valence-corrected chi connectivity index (χ1v) is 9.13. The van der Waals surface area contributed by atoms with Crippen LogP contribution in [0.5, 0.6) is 0 Å². The van der Waals surface area contributed by atoms with Crippen LogP contribution in [0.25, 0.3) is 0 Å². The van der Waals surface area contributed by atoms with Crippen molar-refractivity contribution in [2.45, 2.75) is 70.0 Å². The van der Waals surface area contributed by atoms with Gasteiger partial charge < -0.3 is 0 Å². The van der Waals surface area contributed by atoms with Crippen molar-refractivity contribution in [3.63, 3.8) is 0 Å². The number of unbranched alkanes of at least 4 members (excludes halogenated alkanes) is 5. The lowest BCUT2D eigenvalue weighted by molar-refractivity contribution is -0.970. The van der Waals surface area contributed by atoms with E-state index in [1.165, 1.54) is 0 Å². The number of nitro groups is 3. The Morgan fingerprint density at radius 3 is 1.54 bits per heavy atom. The second-order valence-electron chi connectivity index (χ2n) is 6.07. The molecule has 0 heterocycles. The molecule has 0 atom stereocenters. The molecule has 0 spiro atoms. The lowest BCUT2D eigenvalue weighted by atomic mass is 10.1. The average molecular weight is 396 g/mol. The van der Waals surface area contributed by atoms with Crippen molar-refractivity contribution >= 4 is 6.29 Å². The number of allylic oxidation sites excluding steroid dienone is 6. The van der Waals surface area contributed by atoms with Crippen LogP contribution in [0.4, 0.5) is 0 Å². The van der Waals surface area contributed by atoms with Crippen LogP contribution in [-0.2, 0) is 4.79 Å². The van der Waals surface area contributed by atoms with Crippen LogP contribution in [-0.4, -0.2) is 26.8 Å². The summed E-state index contributed by atoms with van der Waals surface area (Å²) in [5.74, 6) is -3.35. The molecule has 0 aromatic carbocycles. The highest BCUT2D eigenvalue weighted by atomic mass is 16.7. The Bertz CT molecular complexity index is 564. The maximum absolute atomic E-state index is 10.8. The summed E-state index contributed by atoms with van der Waals surface area (Å²) in [5, 5.41) is 32.3. The molecule has 0 unspecified atom stereocenters. The van der Waals surface area contributed by atoms with Crippen LogP contribution in [0.2, 0.25) is 0 Å². The molecule has 10 nitrogen and oxygen atoms in total. The Hall–Kier alpha value is -2.91. The first kappa shape index (κ1) is 25.1. The van der Waals surface area contributed by atoms with Gasteiger partial charge in [-0.1, -0.05) is 36.5 Å². The maximum atomic E-state index is 10.8. The van der Waals surface area contributed by atoms with Gasteiger partial charge in [0.05, 0.1) is 0 Å². The van der Waals surface area contributed by atoms with Gasteiger partial charge in [-0.25, -0.2) is 0 Å². The summed E-state index contributed by atoms with van der Waals surface area (Å²) in [6, 6.07) is 0. The second-order valence-corrected chi connectivity index (χ2v) is 6.07. The number of nitrogens with zero attached hydrogens (tertiary/aromatic N) is 3. The van der Waals surface area contributed by atoms with E-state index < -0.39 is 27.0 Å². The average Bonchev–Trinajstić information content (AvgIpc) is 2.63. The van der Waals surface area contributed by atoms with Crippen LogP contribution < -0.4 is 0 Å². The molecule has 0 aromatic heterocycles. The molecule has 28 heavy (non-hydrogen) atoms. The predicted molar refractivity (Wildman–Crippen MR) is 103 cm³/mol. The zero-order valence-corrected chi connectivity index (χ0v) is 15.7. The molecular weight excluding hydrogens is 370 g/mol. The minimum Gasteiger partial charge on any atom is -0.291 e. The smallest absolute Gasteiger partial charge is 0.291 e. The Labute approximate surface area is 163 Å². The van der Waals surface area contributed by atoms with E-state index in [4.69, 9.17) is 0 Å². The van der Waals surface area contributed by atoms with Crippen LogP contribution in [0, 0.1) is 30.3 Å². The summed E-state index contributed by atoms with van der Waals surface area (Å²) >= 11 is 0. The van der Waals surface area contributed by atoms with E-state index in [0.717, 1.165) is 25.7 Å². The van der Waals surface area contributed by atoms with Crippen molar-refractivity contribution in [2.24, 2.45) is 0 Å². The van der Waals surface area contributed by atoms with E-state index in [-0.39, 0.29) is 6.42 Å². The topological polar surface area (TPSA) is 146 Å². The van der Waals surface area contributed by atoms with Gasteiger partial charge >= 0.3 is 5.79 Å². The third-order valence-electron chi connectivity index (χ3n) is 3.95. The minimum atomic E-state index is -3.35. The zero-order chi connectivity index (χ0) is 21.3. The van der Waals surface area contributed by atoms with E-state index >= 15 is 0 Å². The highest BCUT2D eigenvalue weighted by molar-refractivity contribution is 5.50. The first-order chi connectivity index (χ1) is 13.4. The first-order valence-electron chi connectivity index (χ1n) is 9.13. The van der Waals surface area contributed by atoms with Gasteiger partial charge in [-0.3, -0.25) is 35.1 Å². The zero-order valence-electron chi connectivity index (χ0n) is 15.7. The SMILES string of the molecule is O=[C]CCCCC=CCC=CCC=CCCCCC([N+](=O)[O-])([N+](=O)[O-])[N+](=O)[O-]. The lowest BCUT2D eigenvalue weighted by Gasteiger charge is -2.08. The molecule has 0 fully saturated rings. The van der Waals surface area contributed by atoms with Gasteiger partial charge in [0.25, 0.3) is 0 Å². The van der Waals surface area contributed by atoms with Crippen molar-refractivity contribution < 1.29 is 19.6 Å². The molecule has 0 aliphatic rings. The van der Waals surface area contributed by atoms with Crippen LogP contribution in [0.3, 0.4) is 0 Å². The van der Waals surface area contributed by atoms with Crippen molar-refractivity contribution in [3.8, 4) is 0 Å². The van der Waals surface area contributed by atoms with E-state index in [1.807, 2.05) is 30.6 Å². The molecule has 0 rings (SSSR count). The molecule has 0 N–H and O–H groups in total. The molecular formula is C18H26N3O7. The maximum Gasteiger partial charge on any atom is 0.699 e. The van der Waals surface area contributed by atoms with E-state index in [0.29, 0.717) is 25.7 Å². The van der Waals surface area contributed by atoms with Gasteiger partial charge in [0.2, 0.25) is 0 Å². The van der Waals surface area contributed by atoms with Crippen LogP contribution in [0.15, 0.2) is 36.5 Å². The summed E-state index contributed by atoms with van der Waals surface area (Å²) in [6.45, 7) is 0. The van der Waals surface area contributed by atoms with Gasteiger partial charge in [-0.2, -0.15) is 0 Å². The van der Waals surface area contributed by atoms with Gasteiger partial charge in [-0.05, 0) is 51.4 Å². The van der Waals surface area contributed by atoms with Crippen LogP contribution >= 0.6 is 0 Å². The van der Waals surface area contributed by atoms with E-state index in [2.05, 4.69) is 12.2 Å². The summed E-state index contributed by atoms with van der Waals surface area (Å²) in [7, 11) is 0. The molecule has 0 aromatic rings. The van der Waals surface area contributed by atoms with Crippen molar-refractivity contribution in [3.05, 3.63) is 66.8 Å². The summed E-state index contributed by atoms with van der Waals surface area (Å²) in [5.41, 5.74) is 0. The molecule has 0 amide bonds. The highest BCUT2D eigenvalue weighted by Crippen LogP contribution is 2.21. The van der Waals surface area contributed by atoms with E-state index in [1.54, 1.807) is 0 Å². The molecule has 155 valence electrons. The summed E-state index contributed by atoms with van der Waals surface area (Å²) in [6.07, 6.45) is 18.7. The molecule has 0 aliphatic heterocycles. The molecule has 0 saturated carbocycles. The molecule has 0 saturated heterocycles. The second kappa shape index (κ2) is 15.2. The fourth-order valence-electron chi connectivity index (χ4n) is 2.34. The molecule has 0 aliphatic carbocycles. The number of carbonyl (C=O) groups excluding carboxylic acids is 1. The van der Waals surface area contributed by atoms with Gasteiger partial charge in [-0.15, -0.1) is 0 Å². The van der Waals surface area contributed by atoms with E-state index in [9.17, 15) is 35.1 Å². The minimum absolute atomic E-state index is 0.0127. The fraction of sp³-hybridized carbons (Fsp3) is 0.611. The fourth-order valence-corrected chi connectivity index (χ4v) is 2.34. The number of rotatable bonds is 17. The van der Waals surface area contributed by atoms with Crippen LogP contribution in [0.1, 0.15) is 64.2 Å². The number of hydrogen-bond donors (Lipinski definition) is 0. The van der Waals surface area contributed by atoms with Crippen molar-refractivity contribution in [1.82, 2.24) is 0 Å². The Morgan fingerprint density at radius 2 is 1.11 bits per heavy atom. The lowest BCUT2D eigenvalue weighted by Crippen LogP contribution is -2.53. The third kappa shape index (κ3) is 9.70. The predicted octanol–water partition coefficient (Wildman–Crippen LogP) is 4.15. The standard InChI is InChI=1S/C18H26N3O7/c22-17-15-13-11-9-7-5-3-1-2-4-6-8-10-12-14-16-18(19(23)24,20(25)26)21(27)28/h1-2,5-8H,3-4,9-16H2. The Balaban J connectivity index is 3.94. The molecule has 10 heteroatoms. The molecule has 1 radical (unpaired) electrons. The monoisotopic (exact) mass is 396 g/mol. The largest absolute Gasteiger partial charge is 0.699 e. The number of hydrogen-bond acceptors (Lipinski definition) is 7. The normalized spacial score (nSPS) is 12.1. The molecule has 0 bridgehead atoms. The highest BCUT2D eigenvalue weighted by Gasteiger charge is 2.69. The summed E-state index contributed by atoms with van der Waals surface area (Å²) < 4.78 is 0. The van der Waals surface area contributed by atoms with Gasteiger partial charge in [0, 0.05) is 6.42 Å². The Morgan fingerprint density at radius 1 is 0.679 bits per heavy atom. The quantitative estimate of drug-likeness (QED) is 0.118. The third-order valence-corrected chi connectivity index (χ3v) is 3.95. The Kier molecular flexibility index (Phi) is 13.6. The summed E-state index contributed by atoms with van der Waals surface area (Å²) in [4.78, 5) is 38.0.